The van der Waals surface area contributed by atoms with Crippen LogP contribution in [0.1, 0.15) is 22.3 Å². The molecule has 3 heteroatoms. The molecule has 0 spiro atoms. The van der Waals surface area contributed by atoms with Gasteiger partial charge < -0.3 is 5.11 Å². The Morgan fingerprint density at radius 1 is 0.826 bits per heavy atom. The number of aryl methyl sites for hydroxylation is 5. The summed E-state index contributed by atoms with van der Waals surface area (Å²) in [6.07, 6.45) is 5.57. The maximum Gasteiger partial charge on any atom is 0.128 e. The van der Waals surface area contributed by atoms with Crippen LogP contribution in [0.4, 0.5) is 0 Å². The summed E-state index contributed by atoms with van der Waals surface area (Å²) < 4.78 is 1.78. The van der Waals surface area contributed by atoms with Gasteiger partial charge in [0.05, 0.1) is 5.69 Å². The summed E-state index contributed by atoms with van der Waals surface area (Å²) in [4.78, 5) is 0. The van der Waals surface area contributed by atoms with E-state index in [0.717, 1.165) is 48.1 Å². The Hall–Kier alpha value is -2.55. The van der Waals surface area contributed by atoms with Gasteiger partial charge in [0.2, 0.25) is 0 Å². The number of aromatic nitrogens is 2. The molecule has 4 bridgehead atoms. The van der Waals surface area contributed by atoms with Crippen LogP contribution in [0.25, 0.3) is 11.3 Å². The van der Waals surface area contributed by atoms with E-state index in [0.29, 0.717) is 5.75 Å². The second-order valence-electron chi connectivity index (χ2n) is 6.30. The average molecular weight is 304 g/mol. The van der Waals surface area contributed by atoms with Gasteiger partial charge in [-0.3, -0.25) is 4.68 Å². The number of phenols is 1. The Kier molecular flexibility index (Phi) is 3.41. The molecular weight excluding hydrogens is 284 g/mol. The largest absolute Gasteiger partial charge is 0.507 e. The van der Waals surface area contributed by atoms with E-state index in [1.54, 1.807) is 4.68 Å². The van der Waals surface area contributed by atoms with Crippen molar-refractivity contribution >= 4 is 0 Å². The van der Waals surface area contributed by atoms with Gasteiger partial charge in [-0.2, -0.15) is 5.10 Å². The smallest absolute Gasteiger partial charge is 0.128 e. The topological polar surface area (TPSA) is 38.0 Å². The molecule has 3 aromatic rings. The van der Waals surface area contributed by atoms with Crippen molar-refractivity contribution < 1.29 is 5.11 Å². The quantitative estimate of drug-likeness (QED) is 0.745. The molecule has 23 heavy (non-hydrogen) atoms. The fourth-order valence-electron chi connectivity index (χ4n) is 3.35. The van der Waals surface area contributed by atoms with Gasteiger partial charge >= 0.3 is 0 Å². The average Bonchev–Trinajstić information content (AvgIpc) is 2.97. The number of aromatic hydroxyl groups is 1. The van der Waals surface area contributed by atoms with Crippen LogP contribution >= 0.6 is 0 Å². The van der Waals surface area contributed by atoms with E-state index in [1.807, 2.05) is 19.3 Å². The first kappa shape index (κ1) is 14.1. The molecule has 0 fully saturated rings. The SMILES string of the molecule is Cn1ccc(-c2c3ccc(c2O)CCc2ccc(cc2)CC3)n1. The molecule has 116 valence electrons. The van der Waals surface area contributed by atoms with E-state index >= 15 is 0 Å². The highest BCUT2D eigenvalue weighted by Crippen LogP contribution is 2.36. The van der Waals surface area contributed by atoms with Crippen molar-refractivity contribution in [3.8, 4) is 17.0 Å². The van der Waals surface area contributed by atoms with Crippen LogP contribution in [-0.2, 0) is 32.7 Å². The van der Waals surface area contributed by atoms with Crippen molar-refractivity contribution in [3.05, 3.63) is 70.9 Å². The molecule has 7 rings (SSSR count). The molecule has 4 aliphatic rings. The molecule has 2 aromatic carbocycles. The van der Waals surface area contributed by atoms with Gasteiger partial charge in [0.1, 0.15) is 5.75 Å². The number of rotatable bonds is 1. The first-order chi connectivity index (χ1) is 11.2. The highest BCUT2D eigenvalue weighted by atomic mass is 16.3. The van der Waals surface area contributed by atoms with Crippen molar-refractivity contribution in [2.45, 2.75) is 25.7 Å². The van der Waals surface area contributed by atoms with Crippen LogP contribution < -0.4 is 0 Å². The van der Waals surface area contributed by atoms with Crippen LogP contribution in [-0.4, -0.2) is 14.9 Å². The predicted octanol–water partition coefficient (Wildman–Crippen LogP) is 3.68. The van der Waals surface area contributed by atoms with E-state index in [9.17, 15) is 5.11 Å². The first-order valence-electron chi connectivity index (χ1n) is 8.12. The van der Waals surface area contributed by atoms with Crippen LogP contribution in [0, 0.1) is 0 Å². The second-order valence-corrected chi connectivity index (χ2v) is 6.30. The molecule has 0 atom stereocenters. The summed E-state index contributed by atoms with van der Waals surface area (Å²) in [5.74, 6) is 0.399. The number of hydrogen-bond acceptors (Lipinski definition) is 2. The molecule has 4 aliphatic carbocycles. The zero-order chi connectivity index (χ0) is 15.8. The maximum atomic E-state index is 10.8. The Balaban J connectivity index is 1.85. The maximum absolute atomic E-state index is 10.8. The lowest BCUT2D eigenvalue weighted by molar-refractivity contribution is 0.469. The third-order valence-corrected chi connectivity index (χ3v) is 4.71. The van der Waals surface area contributed by atoms with Gasteiger partial charge in [-0.15, -0.1) is 0 Å². The highest BCUT2D eigenvalue weighted by molar-refractivity contribution is 5.72. The van der Waals surface area contributed by atoms with Gasteiger partial charge in [-0.1, -0.05) is 36.4 Å². The predicted molar refractivity (Wildman–Crippen MR) is 91.6 cm³/mol. The molecular formula is C20H20N2O. The van der Waals surface area contributed by atoms with Gasteiger partial charge in [0.25, 0.3) is 0 Å². The van der Waals surface area contributed by atoms with Crippen LogP contribution in [0.2, 0.25) is 0 Å². The summed E-state index contributed by atoms with van der Waals surface area (Å²) in [7, 11) is 1.91. The van der Waals surface area contributed by atoms with Crippen molar-refractivity contribution in [1.29, 1.82) is 0 Å². The summed E-state index contributed by atoms with van der Waals surface area (Å²) in [6.45, 7) is 0. The molecule has 3 nitrogen and oxygen atoms in total. The number of benzene rings is 2. The van der Waals surface area contributed by atoms with Crippen molar-refractivity contribution in [2.75, 3.05) is 0 Å². The minimum Gasteiger partial charge on any atom is -0.507 e. The fraction of sp³-hybridized carbons (Fsp3) is 0.250. The first-order valence-corrected chi connectivity index (χ1v) is 8.12. The fourth-order valence-corrected chi connectivity index (χ4v) is 3.35. The van der Waals surface area contributed by atoms with E-state index < -0.39 is 0 Å². The summed E-state index contributed by atoms with van der Waals surface area (Å²) in [6, 6.07) is 15.1. The zero-order valence-corrected chi connectivity index (χ0v) is 13.3. The summed E-state index contributed by atoms with van der Waals surface area (Å²) >= 11 is 0. The van der Waals surface area contributed by atoms with E-state index in [-0.39, 0.29) is 0 Å². The monoisotopic (exact) mass is 304 g/mol. The Bertz CT molecular complexity index is 847. The van der Waals surface area contributed by atoms with Gasteiger partial charge in [0, 0.05) is 18.8 Å². The van der Waals surface area contributed by atoms with E-state index in [2.05, 4.69) is 41.5 Å². The molecule has 1 heterocycles. The molecule has 1 N–H and O–H groups in total. The Labute approximate surface area is 136 Å². The summed E-state index contributed by atoms with van der Waals surface area (Å²) in [5.41, 5.74) is 6.57. The lowest BCUT2D eigenvalue weighted by Gasteiger charge is -2.15. The Morgan fingerprint density at radius 2 is 1.43 bits per heavy atom. The molecule has 0 unspecified atom stereocenters. The Morgan fingerprint density at radius 3 is 2.04 bits per heavy atom. The third-order valence-electron chi connectivity index (χ3n) is 4.71. The van der Waals surface area contributed by atoms with Crippen molar-refractivity contribution in [2.24, 2.45) is 7.05 Å². The molecule has 0 saturated heterocycles. The molecule has 0 aliphatic heterocycles. The van der Waals surface area contributed by atoms with Crippen LogP contribution in [0.15, 0.2) is 48.7 Å². The van der Waals surface area contributed by atoms with E-state index in [1.165, 1.54) is 11.1 Å². The zero-order valence-electron chi connectivity index (χ0n) is 13.3. The summed E-state index contributed by atoms with van der Waals surface area (Å²) in [5, 5.41) is 15.4. The highest BCUT2D eigenvalue weighted by Gasteiger charge is 2.17. The van der Waals surface area contributed by atoms with Crippen molar-refractivity contribution in [3.63, 3.8) is 0 Å². The standard InChI is InChI=1S/C20H20N2O/c1-22-13-12-18(21-22)19-16-8-6-14-2-4-15(5-3-14)7-9-17(11-10-16)20(19)23/h2-5,10-13,23H,6-9H2,1H3. The minimum atomic E-state index is 0.399. The van der Waals surface area contributed by atoms with Crippen LogP contribution in [0.5, 0.6) is 5.75 Å². The van der Waals surface area contributed by atoms with Gasteiger partial charge in [-0.25, -0.2) is 0 Å². The molecule has 0 saturated carbocycles. The molecule has 1 aromatic heterocycles. The number of nitrogens with zero attached hydrogens (tertiary/aromatic N) is 2. The number of phenolic OH excluding ortho intramolecular Hbond substituents is 1. The third kappa shape index (κ3) is 2.63. The van der Waals surface area contributed by atoms with Gasteiger partial charge in [0.15, 0.2) is 0 Å². The van der Waals surface area contributed by atoms with Crippen LogP contribution in [0.3, 0.4) is 0 Å². The minimum absolute atomic E-state index is 0.399. The second kappa shape index (κ2) is 5.58. The van der Waals surface area contributed by atoms with Crippen molar-refractivity contribution in [1.82, 2.24) is 9.78 Å². The molecule has 0 amide bonds. The molecule has 0 radical (unpaired) electrons. The van der Waals surface area contributed by atoms with E-state index in [4.69, 9.17) is 0 Å². The normalized spacial score (nSPS) is 13.8. The number of hydrogen-bond donors (Lipinski definition) is 1. The van der Waals surface area contributed by atoms with Gasteiger partial charge in [-0.05, 0) is 54.0 Å². The lowest BCUT2D eigenvalue weighted by atomic mass is 9.91. The lowest BCUT2D eigenvalue weighted by Crippen LogP contribution is -2.01.